The van der Waals surface area contributed by atoms with Gasteiger partial charge in [-0.05, 0) is 43.9 Å². The summed E-state index contributed by atoms with van der Waals surface area (Å²) in [6, 6.07) is 6.07. The Morgan fingerprint density at radius 1 is 1.30 bits per heavy atom. The van der Waals surface area contributed by atoms with Gasteiger partial charge in [0.2, 0.25) is 0 Å². The summed E-state index contributed by atoms with van der Waals surface area (Å²) in [6.07, 6.45) is 0.576. The van der Waals surface area contributed by atoms with Crippen molar-refractivity contribution in [2.75, 3.05) is 18.5 Å². The molecule has 4 nitrogen and oxygen atoms in total. The highest BCUT2D eigenvalue weighted by molar-refractivity contribution is 5.97. The Balaban J connectivity index is 2.81. The number of benzene rings is 1. The number of anilines is 1. The number of hydrogen-bond acceptors (Lipinski definition) is 3. The molecule has 20 heavy (non-hydrogen) atoms. The molecule has 0 saturated heterocycles. The first-order chi connectivity index (χ1) is 9.47. The van der Waals surface area contributed by atoms with Crippen LogP contribution in [-0.4, -0.2) is 30.2 Å². The van der Waals surface area contributed by atoms with Gasteiger partial charge < -0.3 is 15.7 Å². The molecule has 1 unspecified atom stereocenters. The summed E-state index contributed by atoms with van der Waals surface area (Å²) in [5, 5.41) is 15.0. The summed E-state index contributed by atoms with van der Waals surface area (Å²) in [5.41, 5.74) is 2.64. The zero-order chi connectivity index (χ0) is 15.1. The standard InChI is InChI=1S/C16H26N2O2/c1-11(2)13(4)18-15-8-5-7-14(12(15)3)16(20)17-9-6-10-19/h5,7-8,11,13,18-19H,6,9-10H2,1-4H3,(H,17,20). The summed E-state index contributed by atoms with van der Waals surface area (Å²) in [6.45, 7) is 9.01. The number of amides is 1. The fourth-order valence-corrected chi connectivity index (χ4v) is 1.83. The molecular formula is C16H26N2O2. The molecule has 0 bridgehead atoms. The van der Waals surface area contributed by atoms with Gasteiger partial charge in [0.05, 0.1) is 0 Å². The van der Waals surface area contributed by atoms with Crippen LogP contribution in [-0.2, 0) is 0 Å². The maximum atomic E-state index is 12.1. The second-order valence-corrected chi connectivity index (χ2v) is 5.49. The van der Waals surface area contributed by atoms with Crippen LogP contribution in [0, 0.1) is 12.8 Å². The molecule has 0 fully saturated rings. The Hall–Kier alpha value is -1.55. The van der Waals surface area contributed by atoms with Crippen molar-refractivity contribution in [1.82, 2.24) is 5.32 Å². The van der Waals surface area contributed by atoms with E-state index in [1.54, 1.807) is 0 Å². The van der Waals surface area contributed by atoms with Crippen LogP contribution in [0.3, 0.4) is 0 Å². The summed E-state index contributed by atoms with van der Waals surface area (Å²) in [5.74, 6) is 0.438. The molecule has 1 aromatic carbocycles. The number of nitrogens with one attached hydrogen (secondary N) is 2. The van der Waals surface area contributed by atoms with Crippen LogP contribution in [0.4, 0.5) is 5.69 Å². The van der Waals surface area contributed by atoms with Crippen LogP contribution < -0.4 is 10.6 Å². The topological polar surface area (TPSA) is 61.4 Å². The predicted molar refractivity (Wildman–Crippen MR) is 83.1 cm³/mol. The van der Waals surface area contributed by atoms with Crippen molar-refractivity contribution in [3.63, 3.8) is 0 Å². The van der Waals surface area contributed by atoms with E-state index in [0.29, 0.717) is 30.5 Å². The minimum Gasteiger partial charge on any atom is -0.396 e. The van der Waals surface area contributed by atoms with Crippen molar-refractivity contribution in [2.24, 2.45) is 5.92 Å². The van der Waals surface area contributed by atoms with Crippen molar-refractivity contribution in [2.45, 2.75) is 40.2 Å². The highest BCUT2D eigenvalue weighted by Gasteiger charge is 2.13. The first-order valence-electron chi connectivity index (χ1n) is 7.22. The molecule has 0 aliphatic heterocycles. The summed E-state index contributed by atoms with van der Waals surface area (Å²) in [7, 11) is 0. The monoisotopic (exact) mass is 278 g/mol. The molecule has 0 aromatic heterocycles. The fraction of sp³-hybridized carbons (Fsp3) is 0.562. The number of aliphatic hydroxyl groups is 1. The van der Waals surface area contributed by atoms with Gasteiger partial charge in [-0.25, -0.2) is 0 Å². The largest absolute Gasteiger partial charge is 0.396 e. The van der Waals surface area contributed by atoms with Crippen LogP contribution in [0.1, 0.15) is 43.1 Å². The third-order valence-electron chi connectivity index (χ3n) is 3.58. The van der Waals surface area contributed by atoms with Crippen LogP contribution in [0.15, 0.2) is 18.2 Å². The number of aliphatic hydroxyl groups excluding tert-OH is 1. The smallest absolute Gasteiger partial charge is 0.251 e. The number of carbonyl (C=O) groups is 1. The normalized spacial score (nSPS) is 12.3. The lowest BCUT2D eigenvalue weighted by molar-refractivity contribution is 0.0950. The summed E-state index contributed by atoms with van der Waals surface area (Å²) < 4.78 is 0. The van der Waals surface area contributed by atoms with Crippen LogP contribution in [0.2, 0.25) is 0 Å². The average molecular weight is 278 g/mol. The Morgan fingerprint density at radius 2 is 2.00 bits per heavy atom. The van der Waals surface area contributed by atoms with E-state index in [9.17, 15) is 4.79 Å². The maximum Gasteiger partial charge on any atom is 0.251 e. The molecule has 0 radical (unpaired) electrons. The lowest BCUT2D eigenvalue weighted by atomic mass is 10.0. The summed E-state index contributed by atoms with van der Waals surface area (Å²) in [4.78, 5) is 12.1. The van der Waals surface area contributed by atoms with Gasteiger partial charge in [0.1, 0.15) is 0 Å². The summed E-state index contributed by atoms with van der Waals surface area (Å²) >= 11 is 0. The van der Waals surface area contributed by atoms with Gasteiger partial charge in [-0.2, -0.15) is 0 Å². The highest BCUT2D eigenvalue weighted by atomic mass is 16.3. The number of rotatable bonds is 7. The molecule has 0 heterocycles. The second kappa shape index (κ2) is 7.90. The molecule has 3 N–H and O–H groups in total. The van der Waals surface area contributed by atoms with Crippen LogP contribution >= 0.6 is 0 Å². The third-order valence-corrected chi connectivity index (χ3v) is 3.58. The van der Waals surface area contributed by atoms with Gasteiger partial charge >= 0.3 is 0 Å². The van der Waals surface area contributed by atoms with Crippen molar-refractivity contribution in [3.05, 3.63) is 29.3 Å². The van der Waals surface area contributed by atoms with E-state index in [2.05, 4.69) is 31.4 Å². The third kappa shape index (κ3) is 4.53. The molecule has 112 valence electrons. The van der Waals surface area contributed by atoms with Crippen LogP contribution in [0.5, 0.6) is 0 Å². The molecule has 0 spiro atoms. The number of hydrogen-bond donors (Lipinski definition) is 3. The van der Waals surface area contributed by atoms with Crippen molar-refractivity contribution in [1.29, 1.82) is 0 Å². The zero-order valence-electron chi connectivity index (χ0n) is 12.9. The lowest BCUT2D eigenvalue weighted by Crippen LogP contribution is -2.27. The van der Waals surface area contributed by atoms with E-state index < -0.39 is 0 Å². The Kier molecular flexibility index (Phi) is 6.52. The first-order valence-corrected chi connectivity index (χ1v) is 7.22. The SMILES string of the molecule is Cc1c(NC(C)C(C)C)cccc1C(=O)NCCCO. The minimum atomic E-state index is -0.0863. The van der Waals surface area contributed by atoms with E-state index in [1.165, 1.54) is 0 Å². The van der Waals surface area contributed by atoms with Crippen LogP contribution in [0.25, 0.3) is 0 Å². The van der Waals surface area contributed by atoms with E-state index in [-0.39, 0.29) is 12.5 Å². The Bertz CT molecular complexity index is 444. The first kappa shape index (κ1) is 16.5. The molecule has 0 saturated carbocycles. The van der Waals surface area contributed by atoms with E-state index in [1.807, 2.05) is 25.1 Å². The van der Waals surface area contributed by atoms with E-state index in [0.717, 1.165) is 11.3 Å². The highest BCUT2D eigenvalue weighted by Crippen LogP contribution is 2.21. The van der Waals surface area contributed by atoms with Gasteiger partial charge in [0, 0.05) is 30.4 Å². The minimum absolute atomic E-state index is 0.0863. The maximum absolute atomic E-state index is 12.1. The van der Waals surface area contributed by atoms with E-state index >= 15 is 0 Å². The quantitative estimate of drug-likeness (QED) is 0.672. The molecule has 0 aliphatic rings. The molecule has 1 atom stereocenters. The van der Waals surface area contributed by atoms with Gasteiger partial charge in [-0.3, -0.25) is 4.79 Å². The van der Waals surface area contributed by atoms with Gasteiger partial charge in [0.15, 0.2) is 0 Å². The molecule has 1 aromatic rings. The van der Waals surface area contributed by atoms with Crippen molar-refractivity contribution >= 4 is 11.6 Å². The zero-order valence-corrected chi connectivity index (χ0v) is 12.9. The fourth-order valence-electron chi connectivity index (χ4n) is 1.83. The molecule has 0 aliphatic carbocycles. The van der Waals surface area contributed by atoms with Gasteiger partial charge in [0.25, 0.3) is 5.91 Å². The van der Waals surface area contributed by atoms with Crippen molar-refractivity contribution < 1.29 is 9.90 Å². The van der Waals surface area contributed by atoms with Crippen molar-refractivity contribution in [3.8, 4) is 0 Å². The number of carbonyl (C=O) groups excluding carboxylic acids is 1. The Morgan fingerprint density at radius 3 is 2.60 bits per heavy atom. The lowest BCUT2D eigenvalue weighted by Gasteiger charge is -2.21. The molecule has 1 amide bonds. The average Bonchev–Trinajstić information content (AvgIpc) is 2.41. The van der Waals surface area contributed by atoms with Gasteiger partial charge in [-0.1, -0.05) is 19.9 Å². The molecule has 4 heteroatoms. The second-order valence-electron chi connectivity index (χ2n) is 5.49. The predicted octanol–water partition coefficient (Wildman–Crippen LogP) is 2.56. The van der Waals surface area contributed by atoms with E-state index in [4.69, 9.17) is 5.11 Å². The molecular weight excluding hydrogens is 252 g/mol. The van der Waals surface area contributed by atoms with Gasteiger partial charge in [-0.15, -0.1) is 0 Å². The molecule has 1 rings (SSSR count). The Labute approximate surface area is 121 Å².